The van der Waals surface area contributed by atoms with Crippen LogP contribution in [0.5, 0.6) is 11.5 Å². The quantitative estimate of drug-likeness (QED) is 0.842. The molecule has 0 amide bonds. The lowest BCUT2D eigenvalue weighted by molar-refractivity contribution is 0.305. The third-order valence-corrected chi connectivity index (χ3v) is 3.70. The van der Waals surface area contributed by atoms with E-state index >= 15 is 0 Å². The summed E-state index contributed by atoms with van der Waals surface area (Å²) < 4.78 is 6.86. The van der Waals surface area contributed by atoms with Crippen LogP contribution in [0.25, 0.3) is 0 Å². The van der Waals surface area contributed by atoms with Gasteiger partial charge in [-0.05, 0) is 48.0 Å². The highest BCUT2D eigenvalue weighted by Gasteiger charge is 2.03. The van der Waals surface area contributed by atoms with Gasteiger partial charge in [0.25, 0.3) is 0 Å². The molecule has 0 radical (unpaired) electrons. The molecular formula is C16H18BrNO2. The highest BCUT2D eigenvalue weighted by molar-refractivity contribution is 9.10. The first-order valence-electron chi connectivity index (χ1n) is 6.59. The van der Waals surface area contributed by atoms with E-state index in [2.05, 4.69) is 28.2 Å². The Morgan fingerprint density at radius 1 is 1.15 bits per heavy atom. The van der Waals surface area contributed by atoms with Crippen molar-refractivity contribution in [3.63, 3.8) is 0 Å². The van der Waals surface area contributed by atoms with E-state index in [9.17, 15) is 5.11 Å². The van der Waals surface area contributed by atoms with Crippen molar-refractivity contribution in [2.24, 2.45) is 0 Å². The van der Waals surface area contributed by atoms with Crippen LogP contribution in [0.3, 0.4) is 0 Å². The third kappa shape index (κ3) is 4.25. The van der Waals surface area contributed by atoms with Crippen LogP contribution in [0, 0.1) is 0 Å². The van der Waals surface area contributed by atoms with E-state index in [4.69, 9.17) is 4.74 Å². The van der Waals surface area contributed by atoms with E-state index in [1.807, 2.05) is 30.3 Å². The van der Waals surface area contributed by atoms with Gasteiger partial charge in [0.1, 0.15) is 18.1 Å². The van der Waals surface area contributed by atoms with E-state index in [1.165, 1.54) is 5.56 Å². The maximum Gasteiger partial charge on any atom is 0.120 e. The fourth-order valence-corrected chi connectivity index (χ4v) is 2.18. The van der Waals surface area contributed by atoms with Gasteiger partial charge >= 0.3 is 0 Å². The van der Waals surface area contributed by atoms with E-state index in [-0.39, 0.29) is 5.75 Å². The smallest absolute Gasteiger partial charge is 0.120 e. The van der Waals surface area contributed by atoms with Gasteiger partial charge in [0.05, 0.1) is 0 Å². The number of hydrogen-bond acceptors (Lipinski definition) is 3. The summed E-state index contributed by atoms with van der Waals surface area (Å²) in [6.07, 6.45) is 0. The van der Waals surface area contributed by atoms with Crippen molar-refractivity contribution in [2.45, 2.75) is 20.1 Å². The van der Waals surface area contributed by atoms with Crippen molar-refractivity contribution in [3.05, 3.63) is 58.1 Å². The standard InChI is InChI=1S/C16H18BrNO2/c1-2-18-10-13-9-15(7-8-16(13)17)20-11-12-3-5-14(19)6-4-12/h3-9,18-19H,2,10-11H2,1H3. The normalized spacial score (nSPS) is 10.5. The Labute approximate surface area is 127 Å². The molecule has 0 aliphatic carbocycles. The average Bonchev–Trinajstić information content (AvgIpc) is 2.46. The maximum atomic E-state index is 9.24. The number of ether oxygens (including phenoxy) is 1. The zero-order chi connectivity index (χ0) is 14.4. The zero-order valence-electron chi connectivity index (χ0n) is 11.4. The SMILES string of the molecule is CCNCc1cc(OCc2ccc(O)cc2)ccc1Br. The van der Waals surface area contributed by atoms with Gasteiger partial charge in [-0.1, -0.05) is 35.0 Å². The van der Waals surface area contributed by atoms with Crippen LogP contribution in [0.1, 0.15) is 18.1 Å². The second kappa shape index (κ2) is 7.31. The van der Waals surface area contributed by atoms with E-state index in [0.29, 0.717) is 6.61 Å². The predicted octanol–water partition coefficient (Wildman–Crippen LogP) is 3.84. The minimum atomic E-state index is 0.269. The summed E-state index contributed by atoms with van der Waals surface area (Å²) in [6, 6.07) is 13.0. The van der Waals surface area contributed by atoms with Gasteiger partial charge in [-0.25, -0.2) is 0 Å². The second-order valence-corrected chi connectivity index (χ2v) is 5.34. The Kier molecular flexibility index (Phi) is 5.44. The molecule has 2 aromatic carbocycles. The molecule has 106 valence electrons. The van der Waals surface area contributed by atoms with Gasteiger partial charge in [-0.3, -0.25) is 0 Å². The molecule has 0 aromatic heterocycles. The van der Waals surface area contributed by atoms with E-state index < -0.39 is 0 Å². The molecule has 0 atom stereocenters. The Bertz CT molecular complexity index is 555. The van der Waals surface area contributed by atoms with Gasteiger partial charge in [-0.2, -0.15) is 0 Å². The molecule has 0 fully saturated rings. The number of phenols is 1. The molecule has 2 N–H and O–H groups in total. The fourth-order valence-electron chi connectivity index (χ4n) is 1.79. The van der Waals surface area contributed by atoms with Crippen LogP contribution in [0.4, 0.5) is 0 Å². The number of nitrogens with one attached hydrogen (secondary N) is 1. The average molecular weight is 336 g/mol. The Morgan fingerprint density at radius 2 is 1.90 bits per heavy atom. The van der Waals surface area contributed by atoms with Gasteiger partial charge in [0, 0.05) is 11.0 Å². The van der Waals surface area contributed by atoms with Crippen LogP contribution < -0.4 is 10.1 Å². The highest BCUT2D eigenvalue weighted by Crippen LogP contribution is 2.23. The maximum absolute atomic E-state index is 9.24. The summed E-state index contributed by atoms with van der Waals surface area (Å²) in [5.41, 5.74) is 2.20. The monoisotopic (exact) mass is 335 g/mol. The van der Waals surface area contributed by atoms with Crippen molar-refractivity contribution in [1.82, 2.24) is 5.32 Å². The van der Waals surface area contributed by atoms with Crippen molar-refractivity contribution >= 4 is 15.9 Å². The first kappa shape index (κ1) is 14.9. The Balaban J connectivity index is 2.00. The number of phenolic OH excluding ortho intramolecular Hbond substituents is 1. The highest BCUT2D eigenvalue weighted by atomic mass is 79.9. The number of halogens is 1. The molecule has 0 spiro atoms. The predicted molar refractivity (Wildman–Crippen MR) is 84.0 cm³/mol. The molecule has 0 heterocycles. The van der Waals surface area contributed by atoms with Gasteiger partial charge in [0.2, 0.25) is 0 Å². The molecule has 2 rings (SSSR count). The summed E-state index contributed by atoms with van der Waals surface area (Å²) >= 11 is 3.54. The van der Waals surface area contributed by atoms with Crippen molar-refractivity contribution in [3.8, 4) is 11.5 Å². The van der Waals surface area contributed by atoms with E-state index in [0.717, 1.165) is 28.9 Å². The van der Waals surface area contributed by atoms with Gasteiger partial charge in [-0.15, -0.1) is 0 Å². The number of benzene rings is 2. The molecule has 3 nitrogen and oxygen atoms in total. The summed E-state index contributed by atoms with van der Waals surface area (Å²) in [7, 11) is 0. The molecule has 0 aliphatic heterocycles. The van der Waals surface area contributed by atoms with Crippen LogP contribution in [0.15, 0.2) is 46.9 Å². The minimum absolute atomic E-state index is 0.269. The summed E-state index contributed by atoms with van der Waals surface area (Å²) in [5, 5.41) is 12.5. The van der Waals surface area contributed by atoms with E-state index in [1.54, 1.807) is 12.1 Å². The number of rotatable bonds is 6. The largest absolute Gasteiger partial charge is 0.508 e. The summed E-state index contributed by atoms with van der Waals surface area (Å²) in [6.45, 7) is 4.32. The number of hydrogen-bond donors (Lipinski definition) is 2. The molecule has 0 aliphatic rings. The van der Waals surface area contributed by atoms with Crippen molar-refractivity contribution < 1.29 is 9.84 Å². The van der Waals surface area contributed by atoms with Gasteiger partial charge < -0.3 is 15.2 Å². The van der Waals surface area contributed by atoms with Crippen LogP contribution in [-0.2, 0) is 13.2 Å². The first-order valence-corrected chi connectivity index (χ1v) is 7.38. The van der Waals surface area contributed by atoms with Crippen LogP contribution in [0.2, 0.25) is 0 Å². The van der Waals surface area contributed by atoms with Crippen LogP contribution in [-0.4, -0.2) is 11.7 Å². The molecule has 4 heteroatoms. The lowest BCUT2D eigenvalue weighted by Crippen LogP contribution is -2.12. The fraction of sp³-hybridized carbons (Fsp3) is 0.250. The topological polar surface area (TPSA) is 41.5 Å². The molecule has 0 unspecified atom stereocenters. The molecule has 20 heavy (non-hydrogen) atoms. The van der Waals surface area contributed by atoms with Crippen molar-refractivity contribution in [2.75, 3.05) is 6.54 Å². The lowest BCUT2D eigenvalue weighted by atomic mass is 10.2. The molecule has 2 aromatic rings. The Hall–Kier alpha value is -1.52. The van der Waals surface area contributed by atoms with Gasteiger partial charge in [0.15, 0.2) is 0 Å². The first-order chi connectivity index (χ1) is 9.69. The summed E-state index contributed by atoms with van der Waals surface area (Å²) in [4.78, 5) is 0. The molecule has 0 saturated carbocycles. The Morgan fingerprint density at radius 3 is 2.60 bits per heavy atom. The van der Waals surface area contributed by atoms with Crippen LogP contribution >= 0.6 is 15.9 Å². The third-order valence-electron chi connectivity index (χ3n) is 2.92. The molecular weight excluding hydrogens is 318 g/mol. The number of aromatic hydroxyl groups is 1. The molecule has 0 bridgehead atoms. The minimum Gasteiger partial charge on any atom is -0.508 e. The summed E-state index contributed by atoms with van der Waals surface area (Å²) in [5.74, 6) is 1.11. The second-order valence-electron chi connectivity index (χ2n) is 4.49. The lowest BCUT2D eigenvalue weighted by Gasteiger charge is -2.10. The molecule has 0 saturated heterocycles. The zero-order valence-corrected chi connectivity index (χ0v) is 13.0. The van der Waals surface area contributed by atoms with Crippen molar-refractivity contribution in [1.29, 1.82) is 0 Å².